The van der Waals surface area contributed by atoms with Gasteiger partial charge in [0, 0.05) is 29.6 Å². The highest BCUT2D eigenvalue weighted by molar-refractivity contribution is 7.10. The number of likely N-dealkylation sites (tertiary alicyclic amines) is 1. The van der Waals surface area contributed by atoms with Crippen molar-refractivity contribution in [2.45, 2.75) is 44.3 Å². The van der Waals surface area contributed by atoms with Crippen LogP contribution in [-0.2, 0) is 11.3 Å². The van der Waals surface area contributed by atoms with Crippen molar-refractivity contribution in [3.8, 4) is 0 Å². The zero-order valence-corrected chi connectivity index (χ0v) is 15.1. The van der Waals surface area contributed by atoms with Crippen LogP contribution in [0.15, 0.2) is 41.8 Å². The van der Waals surface area contributed by atoms with Crippen molar-refractivity contribution in [1.82, 2.24) is 9.80 Å². The maximum atomic E-state index is 14.0. The summed E-state index contributed by atoms with van der Waals surface area (Å²) in [6.07, 6.45) is 4.32. The Morgan fingerprint density at radius 1 is 1.20 bits per heavy atom. The average molecular weight is 358 g/mol. The molecule has 132 valence electrons. The first-order valence-corrected chi connectivity index (χ1v) is 9.90. The van der Waals surface area contributed by atoms with Gasteiger partial charge in [-0.05, 0) is 43.2 Å². The first-order valence-electron chi connectivity index (χ1n) is 9.02. The van der Waals surface area contributed by atoms with Gasteiger partial charge in [-0.1, -0.05) is 24.3 Å². The summed E-state index contributed by atoms with van der Waals surface area (Å²) in [6, 6.07) is 11.7. The van der Waals surface area contributed by atoms with E-state index in [0.29, 0.717) is 24.7 Å². The number of carbonyl (C=O) groups excluding carboxylic acids is 1. The summed E-state index contributed by atoms with van der Waals surface area (Å²) >= 11 is 1.73. The molecule has 0 bridgehead atoms. The molecule has 5 heteroatoms. The molecule has 1 aromatic carbocycles. The molecule has 1 aromatic heterocycles. The Morgan fingerprint density at radius 3 is 2.76 bits per heavy atom. The standard InChI is InChI=1S/C20H23FN2OS/c21-17-6-2-1-5-15(17)13-22(16-9-10-16)14-20(24)23-11-3-7-18(23)19-8-4-12-25-19/h1-2,4-6,8,12,16,18H,3,7,9-11,13-14H2. The number of amides is 1. The third-order valence-corrected chi connectivity index (χ3v) is 6.15. The van der Waals surface area contributed by atoms with Crippen molar-refractivity contribution in [2.24, 2.45) is 0 Å². The zero-order chi connectivity index (χ0) is 17.2. The fraction of sp³-hybridized carbons (Fsp3) is 0.450. The molecule has 0 N–H and O–H groups in total. The van der Waals surface area contributed by atoms with Gasteiger partial charge < -0.3 is 4.90 Å². The van der Waals surface area contributed by atoms with Crippen LogP contribution >= 0.6 is 11.3 Å². The minimum atomic E-state index is -0.182. The first kappa shape index (κ1) is 16.7. The van der Waals surface area contributed by atoms with Crippen molar-refractivity contribution < 1.29 is 9.18 Å². The Bertz CT molecular complexity index is 729. The van der Waals surface area contributed by atoms with Crippen LogP contribution in [0.25, 0.3) is 0 Å². The van der Waals surface area contributed by atoms with Crippen molar-refractivity contribution in [3.05, 3.63) is 58.0 Å². The Balaban J connectivity index is 1.45. The second-order valence-electron chi connectivity index (χ2n) is 6.99. The predicted molar refractivity (Wildman–Crippen MR) is 97.8 cm³/mol. The Morgan fingerprint density at radius 2 is 2.04 bits per heavy atom. The number of carbonyl (C=O) groups is 1. The van der Waals surface area contributed by atoms with Gasteiger partial charge in [0.2, 0.25) is 5.91 Å². The number of hydrogen-bond donors (Lipinski definition) is 0. The zero-order valence-electron chi connectivity index (χ0n) is 14.2. The Hall–Kier alpha value is -1.72. The molecule has 1 aliphatic heterocycles. The van der Waals surface area contributed by atoms with Crippen LogP contribution in [0, 0.1) is 5.82 Å². The topological polar surface area (TPSA) is 23.6 Å². The van der Waals surface area contributed by atoms with Crippen LogP contribution in [0.1, 0.15) is 42.2 Å². The number of nitrogens with zero attached hydrogens (tertiary/aromatic N) is 2. The van der Waals surface area contributed by atoms with Crippen LogP contribution in [0.2, 0.25) is 0 Å². The second kappa shape index (κ2) is 7.26. The van der Waals surface area contributed by atoms with Crippen molar-refractivity contribution in [2.75, 3.05) is 13.1 Å². The minimum Gasteiger partial charge on any atom is -0.334 e. The van der Waals surface area contributed by atoms with Gasteiger partial charge in [0.1, 0.15) is 5.82 Å². The smallest absolute Gasteiger partial charge is 0.237 e. The average Bonchev–Trinajstić information content (AvgIpc) is 3.10. The van der Waals surface area contributed by atoms with Crippen LogP contribution < -0.4 is 0 Å². The molecule has 0 spiro atoms. The third kappa shape index (κ3) is 3.77. The molecular formula is C20H23FN2OS. The highest BCUT2D eigenvalue weighted by Gasteiger charge is 2.35. The number of benzene rings is 1. The van der Waals surface area contributed by atoms with Gasteiger partial charge in [0.15, 0.2) is 0 Å². The maximum absolute atomic E-state index is 14.0. The monoisotopic (exact) mass is 358 g/mol. The summed E-state index contributed by atoms with van der Waals surface area (Å²) in [4.78, 5) is 18.4. The third-order valence-electron chi connectivity index (χ3n) is 5.18. The lowest BCUT2D eigenvalue weighted by atomic mass is 10.1. The molecule has 4 rings (SSSR count). The number of thiophene rings is 1. The Labute approximate surface area is 152 Å². The Kier molecular flexibility index (Phi) is 4.86. The van der Waals surface area contributed by atoms with E-state index in [1.165, 1.54) is 10.9 Å². The van der Waals surface area contributed by atoms with Crippen LogP contribution in [0.4, 0.5) is 4.39 Å². The van der Waals surface area contributed by atoms with Crippen molar-refractivity contribution in [3.63, 3.8) is 0 Å². The molecule has 3 nitrogen and oxygen atoms in total. The maximum Gasteiger partial charge on any atom is 0.237 e. The lowest BCUT2D eigenvalue weighted by Crippen LogP contribution is -2.40. The van der Waals surface area contributed by atoms with Crippen molar-refractivity contribution in [1.29, 1.82) is 0 Å². The van der Waals surface area contributed by atoms with Gasteiger partial charge in [-0.2, -0.15) is 0 Å². The van der Waals surface area contributed by atoms with E-state index in [1.807, 2.05) is 17.0 Å². The predicted octanol–water partition coefficient (Wildman–Crippen LogP) is 4.22. The molecule has 1 saturated carbocycles. The van der Waals surface area contributed by atoms with Crippen LogP contribution in [0.3, 0.4) is 0 Å². The molecule has 0 radical (unpaired) electrons. The summed E-state index contributed by atoms with van der Waals surface area (Å²) in [5.41, 5.74) is 0.679. The van der Waals surface area contributed by atoms with Gasteiger partial charge in [0.05, 0.1) is 12.6 Å². The highest BCUT2D eigenvalue weighted by Crippen LogP contribution is 2.35. The lowest BCUT2D eigenvalue weighted by Gasteiger charge is -2.28. The summed E-state index contributed by atoms with van der Waals surface area (Å²) < 4.78 is 14.0. The van der Waals surface area contributed by atoms with E-state index in [9.17, 15) is 9.18 Å². The molecule has 2 aromatic rings. The van der Waals surface area contributed by atoms with Gasteiger partial charge in [0.25, 0.3) is 0 Å². The van der Waals surface area contributed by atoms with E-state index in [4.69, 9.17) is 0 Å². The van der Waals surface area contributed by atoms with Gasteiger partial charge in [-0.15, -0.1) is 11.3 Å². The minimum absolute atomic E-state index is 0.180. The number of hydrogen-bond acceptors (Lipinski definition) is 3. The normalized spacial score (nSPS) is 20.4. The molecule has 2 heterocycles. The van der Waals surface area contributed by atoms with Crippen LogP contribution in [-0.4, -0.2) is 34.8 Å². The molecule has 1 saturated heterocycles. The molecule has 25 heavy (non-hydrogen) atoms. The summed E-state index contributed by atoms with van der Waals surface area (Å²) in [5, 5.41) is 2.07. The lowest BCUT2D eigenvalue weighted by molar-refractivity contribution is -0.133. The second-order valence-corrected chi connectivity index (χ2v) is 7.97. The van der Waals surface area contributed by atoms with Gasteiger partial charge in [-0.3, -0.25) is 9.69 Å². The van der Waals surface area contributed by atoms with E-state index in [-0.39, 0.29) is 17.8 Å². The van der Waals surface area contributed by atoms with E-state index in [0.717, 1.165) is 32.2 Å². The first-order chi connectivity index (χ1) is 12.2. The highest BCUT2D eigenvalue weighted by atomic mass is 32.1. The van der Waals surface area contributed by atoms with E-state index >= 15 is 0 Å². The molecule has 2 fully saturated rings. The SMILES string of the molecule is O=C(CN(Cc1ccccc1F)C1CC1)N1CCCC1c1cccs1. The van der Waals surface area contributed by atoms with E-state index in [1.54, 1.807) is 17.4 Å². The molecule has 1 amide bonds. The fourth-order valence-corrected chi connectivity index (χ4v) is 4.58. The summed E-state index contributed by atoms with van der Waals surface area (Å²) in [7, 11) is 0. The van der Waals surface area contributed by atoms with Crippen LogP contribution in [0.5, 0.6) is 0 Å². The van der Waals surface area contributed by atoms with Gasteiger partial charge >= 0.3 is 0 Å². The fourth-order valence-electron chi connectivity index (χ4n) is 3.71. The number of rotatable bonds is 6. The van der Waals surface area contributed by atoms with E-state index < -0.39 is 0 Å². The largest absolute Gasteiger partial charge is 0.334 e. The molecule has 1 unspecified atom stereocenters. The van der Waals surface area contributed by atoms with E-state index in [2.05, 4.69) is 22.4 Å². The number of halogens is 1. The molecule has 2 aliphatic rings. The van der Waals surface area contributed by atoms with Crippen molar-refractivity contribution >= 4 is 17.2 Å². The quantitative estimate of drug-likeness (QED) is 0.772. The summed E-state index contributed by atoms with van der Waals surface area (Å²) in [5.74, 6) is -0.00243. The molecule has 1 aliphatic carbocycles. The molecular weight excluding hydrogens is 335 g/mol. The summed E-state index contributed by atoms with van der Waals surface area (Å²) in [6.45, 7) is 1.74. The molecule has 1 atom stereocenters. The van der Waals surface area contributed by atoms with Gasteiger partial charge in [-0.25, -0.2) is 4.39 Å².